The maximum absolute atomic E-state index is 13.6. The van der Waals surface area contributed by atoms with E-state index in [1.807, 2.05) is 37.4 Å². The lowest BCUT2D eigenvalue weighted by molar-refractivity contribution is -0.193. The Bertz CT molecular complexity index is 799. The topological polar surface area (TPSA) is 50.4 Å². The molecular weight excluding hydrogens is 405 g/mol. The number of nitrogens with one attached hydrogen (secondary N) is 2. The van der Waals surface area contributed by atoms with Gasteiger partial charge in [-0.2, -0.15) is 13.2 Å². The van der Waals surface area contributed by atoms with E-state index in [1.165, 1.54) is 6.08 Å². The molecule has 1 saturated carbocycles. The van der Waals surface area contributed by atoms with Crippen LogP contribution in [0.2, 0.25) is 0 Å². The zero-order chi connectivity index (χ0) is 22.5. The van der Waals surface area contributed by atoms with Gasteiger partial charge in [0.25, 0.3) is 5.78 Å². The molecule has 1 fully saturated rings. The lowest BCUT2D eigenvalue weighted by Gasteiger charge is -2.39. The molecule has 0 bridgehead atoms. The van der Waals surface area contributed by atoms with Crippen LogP contribution < -0.4 is 10.6 Å². The Morgan fingerprint density at radius 2 is 1.77 bits per heavy atom. The third-order valence-corrected chi connectivity index (χ3v) is 6.31. The highest BCUT2D eigenvalue weighted by atomic mass is 19.4. The fourth-order valence-corrected chi connectivity index (χ4v) is 4.57. The van der Waals surface area contributed by atoms with Crippen LogP contribution in [0.1, 0.15) is 38.2 Å². The zero-order valence-electron chi connectivity index (χ0n) is 18.0. The van der Waals surface area contributed by atoms with Gasteiger partial charge in [-0.05, 0) is 56.9 Å². The first-order chi connectivity index (χ1) is 14.8. The van der Waals surface area contributed by atoms with Gasteiger partial charge in [0.05, 0.1) is 0 Å². The van der Waals surface area contributed by atoms with Gasteiger partial charge in [-0.1, -0.05) is 42.5 Å². The highest BCUT2D eigenvalue weighted by Crippen LogP contribution is 2.39. The molecule has 4 nitrogen and oxygen atoms in total. The second kappa shape index (κ2) is 10.1. The molecule has 2 atom stereocenters. The number of carbonyl (C=O) groups excluding carboxylic acids is 1. The van der Waals surface area contributed by atoms with Crippen LogP contribution in [-0.4, -0.2) is 49.8 Å². The number of Topliss-reactive ketones (excluding diaryl/α,β-unsaturated/α-hetero) is 1. The smallest absolute Gasteiger partial charge is 0.362 e. The number of halogens is 3. The molecule has 2 unspecified atom stereocenters. The summed E-state index contributed by atoms with van der Waals surface area (Å²) >= 11 is 0. The number of carbonyl (C=O) groups is 1. The van der Waals surface area contributed by atoms with Gasteiger partial charge in [-0.3, -0.25) is 4.79 Å². The zero-order valence-corrected chi connectivity index (χ0v) is 18.0. The Morgan fingerprint density at radius 1 is 1.13 bits per heavy atom. The predicted octanol–water partition coefficient (Wildman–Crippen LogP) is 4.28. The van der Waals surface area contributed by atoms with Crippen LogP contribution in [0, 0.1) is 5.92 Å². The van der Waals surface area contributed by atoms with Crippen molar-refractivity contribution in [2.45, 2.75) is 56.5 Å². The Morgan fingerprint density at radius 3 is 2.35 bits per heavy atom. The molecule has 2 aliphatic carbocycles. The molecule has 0 spiro atoms. The van der Waals surface area contributed by atoms with Crippen LogP contribution in [-0.2, 0) is 9.53 Å². The summed E-state index contributed by atoms with van der Waals surface area (Å²) in [7, 11) is 1.95. The molecule has 1 aromatic rings. The number of ketones is 1. The molecule has 0 heterocycles. The van der Waals surface area contributed by atoms with E-state index in [0.29, 0.717) is 6.04 Å². The number of alkyl halides is 3. The van der Waals surface area contributed by atoms with Gasteiger partial charge in [0, 0.05) is 31.2 Å². The van der Waals surface area contributed by atoms with Gasteiger partial charge in [-0.15, -0.1) is 0 Å². The first-order valence-electron chi connectivity index (χ1n) is 10.9. The van der Waals surface area contributed by atoms with Crippen molar-refractivity contribution in [1.29, 1.82) is 0 Å². The Hall–Kier alpha value is -1.96. The normalized spacial score (nSPS) is 28.9. The maximum Gasteiger partial charge on any atom is 0.453 e. The molecule has 7 heteroatoms. The third-order valence-electron chi connectivity index (χ3n) is 6.31. The van der Waals surface area contributed by atoms with E-state index in [4.69, 9.17) is 4.74 Å². The molecule has 2 N–H and O–H groups in total. The van der Waals surface area contributed by atoms with Crippen molar-refractivity contribution in [1.82, 2.24) is 10.6 Å². The van der Waals surface area contributed by atoms with Crippen molar-refractivity contribution in [3.8, 4) is 0 Å². The minimum atomic E-state index is -4.99. The van der Waals surface area contributed by atoms with Crippen molar-refractivity contribution < 1.29 is 22.7 Å². The standard InChI is InChI=1S/C24H31F3N2O2/c1-3-31-23(22(30)24(25,26)27)14-13-18(17-7-5-4-6-8-17)15-19(23)16-29-21-11-9-20(28-2)10-12-21/h4-8,13-15,19-21,28-29H,3,9-12,16H2,1-2H3. The number of hydrogen-bond acceptors (Lipinski definition) is 4. The Kier molecular flexibility index (Phi) is 7.73. The monoisotopic (exact) mass is 436 g/mol. The van der Waals surface area contributed by atoms with E-state index in [-0.39, 0.29) is 19.2 Å². The number of allylic oxidation sites excluding steroid dienone is 2. The van der Waals surface area contributed by atoms with Crippen molar-refractivity contribution >= 4 is 11.4 Å². The van der Waals surface area contributed by atoms with Crippen molar-refractivity contribution in [3.63, 3.8) is 0 Å². The molecular formula is C24H31F3N2O2. The SMILES string of the molecule is CCOC1(C(=O)C(F)(F)F)C=CC(c2ccccc2)=CC1CNC1CCC(NC)CC1. The molecule has 3 rings (SSSR count). The number of benzene rings is 1. The lowest BCUT2D eigenvalue weighted by Crippen LogP contribution is -2.56. The van der Waals surface area contributed by atoms with Gasteiger partial charge in [-0.25, -0.2) is 0 Å². The molecule has 2 aliphatic rings. The average molecular weight is 437 g/mol. The van der Waals surface area contributed by atoms with Gasteiger partial charge in [0.1, 0.15) is 0 Å². The Labute approximate surface area is 181 Å². The molecule has 1 aromatic carbocycles. The number of hydrogen-bond donors (Lipinski definition) is 2. The van der Waals surface area contributed by atoms with Crippen LogP contribution in [0.4, 0.5) is 13.2 Å². The summed E-state index contributed by atoms with van der Waals surface area (Å²) in [5, 5.41) is 6.70. The highest BCUT2D eigenvalue weighted by Gasteiger charge is 2.56. The second-order valence-electron chi connectivity index (χ2n) is 8.23. The molecule has 0 aromatic heterocycles. The summed E-state index contributed by atoms with van der Waals surface area (Å²) in [6, 6.07) is 10.1. The van der Waals surface area contributed by atoms with Gasteiger partial charge in [0.15, 0.2) is 5.60 Å². The molecule has 31 heavy (non-hydrogen) atoms. The molecule has 0 saturated heterocycles. The summed E-state index contributed by atoms with van der Waals surface area (Å²) in [5.41, 5.74) is -0.375. The van der Waals surface area contributed by atoms with Gasteiger partial charge in [0.2, 0.25) is 0 Å². The molecule has 0 radical (unpaired) electrons. The van der Waals surface area contributed by atoms with E-state index < -0.39 is 23.5 Å². The molecule has 170 valence electrons. The summed E-state index contributed by atoms with van der Waals surface area (Å²) < 4.78 is 46.3. The number of ether oxygens (including phenoxy) is 1. The minimum Gasteiger partial charge on any atom is -0.362 e. The third kappa shape index (κ3) is 5.45. The average Bonchev–Trinajstić information content (AvgIpc) is 2.78. The fraction of sp³-hybridized carbons (Fsp3) is 0.542. The quantitative estimate of drug-likeness (QED) is 0.639. The maximum atomic E-state index is 13.6. The van der Waals surface area contributed by atoms with Crippen molar-refractivity contribution in [3.05, 3.63) is 54.1 Å². The van der Waals surface area contributed by atoms with Gasteiger partial charge < -0.3 is 15.4 Å². The summed E-state index contributed by atoms with van der Waals surface area (Å²) in [6.07, 6.45) is 3.56. The van der Waals surface area contributed by atoms with Crippen LogP contribution >= 0.6 is 0 Å². The predicted molar refractivity (Wildman–Crippen MR) is 116 cm³/mol. The second-order valence-corrected chi connectivity index (χ2v) is 8.23. The van der Waals surface area contributed by atoms with E-state index >= 15 is 0 Å². The van der Waals surface area contributed by atoms with E-state index in [9.17, 15) is 18.0 Å². The van der Waals surface area contributed by atoms with E-state index in [0.717, 1.165) is 36.8 Å². The first kappa shape index (κ1) is 23.7. The van der Waals surface area contributed by atoms with Crippen molar-refractivity contribution in [2.75, 3.05) is 20.2 Å². The van der Waals surface area contributed by atoms with Crippen LogP contribution in [0.5, 0.6) is 0 Å². The highest BCUT2D eigenvalue weighted by molar-refractivity contribution is 5.96. The summed E-state index contributed by atoms with van der Waals surface area (Å²) in [4.78, 5) is 12.6. The van der Waals surface area contributed by atoms with Crippen LogP contribution in [0.15, 0.2) is 48.6 Å². The van der Waals surface area contributed by atoms with Crippen molar-refractivity contribution in [2.24, 2.45) is 5.92 Å². The van der Waals surface area contributed by atoms with E-state index in [2.05, 4.69) is 10.6 Å². The number of rotatable bonds is 8. The molecule has 0 amide bonds. The van der Waals surface area contributed by atoms with E-state index in [1.54, 1.807) is 19.1 Å². The lowest BCUT2D eigenvalue weighted by atomic mass is 9.76. The van der Waals surface area contributed by atoms with Crippen LogP contribution in [0.3, 0.4) is 0 Å². The largest absolute Gasteiger partial charge is 0.453 e. The summed E-state index contributed by atoms with van der Waals surface area (Å²) in [5.74, 6) is -2.63. The van der Waals surface area contributed by atoms with Gasteiger partial charge >= 0.3 is 6.18 Å². The summed E-state index contributed by atoms with van der Waals surface area (Å²) in [6.45, 7) is 1.85. The fourth-order valence-electron chi connectivity index (χ4n) is 4.57. The molecule has 0 aliphatic heterocycles. The van der Waals surface area contributed by atoms with Crippen LogP contribution in [0.25, 0.3) is 5.57 Å². The minimum absolute atomic E-state index is 0.00441. The Balaban J connectivity index is 1.87. The first-order valence-corrected chi connectivity index (χ1v) is 10.9.